The van der Waals surface area contributed by atoms with Crippen molar-refractivity contribution in [3.05, 3.63) is 91.0 Å². The van der Waals surface area contributed by atoms with Gasteiger partial charge in [0.15, 0.2) is 0 Å². The Balaban J connectivity index is 0.000000343. The lowest BCUT2D eigenvalue weighted by Gasteiger charge is -2.18. The summed E-state index contributed by atoms with van der Waals surface area (Å²) >= 11 is 0. The van der Waals surface area contributed by atoms with Gasteiger partial charge in [-0.1, -0.05) is 101 Å². The van der Waals surface area contributed by atoms with Gasteiger partial charge in [-0.2, -0.15) is 0 Å². The van der Waals surface area contributed by atoms with Gasteiger partial charge in [0.05, 0.1) is 12.2 Å². The average molecular weight is 497 g/mol. The number of hydrogen-bond donors (Lipinski definition) is 2. The molecular weight excluding hydrogens is 463 g/mol. The second-order valence-corrected chi connectivity index (χ2v) is 9.63. The Morgan fingerprint density at radius 1 is 0.600 bits per heavy atom. The van der Waals surface area contributed by atoms with E-state index in [0.717, 1.165) is 0 Å². The van der Waals surface area contributed by atoms with Crippen LogP contribution in [0.1, 0.15) is 27.7 Å². The Labute approximate surface area is 208 Å². The summed E-state index contributed by atoms with van der Waals surface area (Å²) in [5.74, 6) is 8.00. The smallest absolute Gasteiger partial charge is 0.444 e. The molecule has 0 fully saturated rings. The highest BCUT2D eigenvalue weighted by molar-refractivity contribution is 7.79. The summed E-state index contributed by atoms with van der Waals surface area (Å²) in [6, 6.07) is 32.3. The average Bonchev–Trinajstić information content (AvgIpc) is 2.86. The fourth-order valence-electron chi connectivity index (χ4n) is 2.71. The zero-order valence-corrected chi connectivity index (χ0v) is 21.3. The molecule has 3 aromatic carbocycles. The molecule has 0 aromatic heterocycles. The van der Waals surface area contributed by atoms with Crippen molar-refractivity contribution in [3.8, 4) is 0 Å². The first-order chi connectivity index (χ1) is 16.9. The molecule has 35 heavy (non-hydrogen) atoms. The fraction of sp³-hybridized carbons (Fsp3) is 0.231. The summed E-state index contributed by atoms with van der Waals surface area (Å²) in [5.41, 5.74) is 0. The van der Waals surface area contributed by atoms with Gasteiger partial charge in [0, 0.05) is 0 Å². The molecule has 0 aliphatic rings. The van der Waals surface area contributed by atoms with Crippen molar-refractivity contribution >= 4 is 36.0 Å². The summed E-state index contributed by atoms with van der Waals surface area (Å²) in [5, 5.41) is 10.2. The van der Waals surface area contributed by atoms with Crippen molar-refractivity contribution in [2.75, 3.05) is 0 Å². The van der Waals surface area contributed by atoms with Crippen LogP contribution in [0.2, 0.25) is 0 Å². The van der Waals surface area contributed by atoms with Crippen molar-refractivity contribution in [2.45, 2.75) is 39.9 Å². The van der Waals surface area contributed by atoms with Crippen LogP contribution in [0.3, 0.4) is 0 Å². The molecule has 3 aromatic rings. The first-order valence-corrected chi connectivity index (χ1v) is 12.3. The van der Waals surface area contributed by atoms with Crippen molar-refractivity contribution in [1.29, 1.82) is 0 Å². The summed E-state index contributed by atoms with van der Waals surface area (Å²) in [6.07, 6.45) is -2.38. The van der Waals surface area contributed by atoms with Crippen LogP contribution in [0.4, 0.5) is 9.59 Å². The van der Waals surface area contributed by atoms with E-state index in [9.17, 15) is 9.59 Å². The second kappa shape index (κ2) is 17.1. The molecule has 2 amide bonds. The molecule has 0 unspecified atom stereocenters. The van der Waals surface area contributed by atoms with Crippen LogP contribution in [0.15, 0.2) is 101 Å². The number of amides is 2. The van der Waals surface area contributed by atoms with Crippen molar-refractivity contribution < 1.29 is 19.1 Å². The van der Waals surface area contributed by atoms with E-state index in [1.54, 1.807) is 27.7 Å². The summed E-state index contributed by atoms with van der Waals surface area (Å²) in [4.78, 5) is 21.5. The predicted molar refractivity (Wildman–Crippen MR) is 142 cm³/mol. The lowest BCUT2D eigenvalue weighted by atomic mass is 10.4. The van der Waals surface area contributed by atoms with Gasteiger partial charge in [0.25, 0.3) is 0 Å². The molecule has 0 saturated heterocycles. The van der Waals surface area contributed by atoms with Crippen LogP contribution in [0.5, 0.6) is 0 Å². The third-order valence-corrected chi connectivity index (χ3v) is 6.37. The van der Waals surface area contributed by atoms with Gasteiger partial charge in [0.2, 0.25) is 0 Å². The van der Waals surface area contributed by atoms with Crippen LogP contribution in [0, 0.1) is 0 Å². The maximum atomic E-state index is 10.8. The molecule has 8 nitrogen and oxygen atoms in total. The van der Waals surface area contributed by atoms with Crippen molar-refractivity contribution in [2.24, 2.45) is 21.9 Å². The summed E-state index contributed by atoms with van der Waals surface area (Å²) < 4.78 is 9.20. The molecule has 0 saturated carbocycles. The number of nitrogens with zero attached hydrogens (tertiary/aromatic N) is 2. The van der Waals surface area contributed by atoms with Gasteiger partial charge in [-0.25, -0.2) is 9.59 Å². The van der Waals surface area contributed by atoms with E-state index >= 15 is 0 Å². The summed E-state index contributed by atoms with van der Waals surface area (Å²) in [7, 11) is -0.446. The molecule has 4 N–H and O–H groups in total. The Morgan fingerprint density at radius 3 is 1.09 bits per heavy atom. The van der Waals surface area contributed by atoms with Crippen LogP contribution in [-0.2, 0) is 9.47 Å². The Kier molecular flexibility index (Phi) is 14.4. The van der Waals surface area contributed by atoms with Gasteiger partial charge < -0.3 is 9.47 Å². The van der Waals surface area contributed by atoms with Gasteiger partial charge in [-0.15, -0.1) is 0 Å². The quantitative estimate of drug-likeness (QED) is 0.226. The van der Waals surface area contributed by atoms with Crippen molar-refractivity contribution in [3.63, 3.8) is 0 Å². The third kappa shape index (κ3) is 12.0. The minimum absolute atomic E-state index is 0.289. The number of hydrazine groups is 1. The molecule has 0 aliphatic heterocycles. The number of benzene rings is 3. The number of carbonyl (C=O) groups is 2. The first kappa shape index (κ1) is 29.6. The number of hydrogen-bond acceptors (Lipinski definition) is 6. The zero-order valence-electron chi connectivity index (χ0n) is 20.4. The van der Waals surface area contributed by atoms with E-state index in [1.165, 1.54) is 15.9 Å². The standard InChI is InChI=1S/C18H15P.C8H14N2O4.H4N2/c1-4-10-16(11-5-1)19(17-12-6-2-7-13-17)18-14-8-3-9-15-18;1-5(2)13-7(11)9-10-8(12)14-6(3)4;1-2/h1-15H;5-6H,1-4H3;1-2H2. The van der Waals surface area contributed by atoms with E-state index in [1.807, 2.05) is 0 Å². The highest BCUT2D eigenvalue weighted by Gasteiger charge is 2.15. The number of azo groups is 1. The van der Waals surface area contributed by atoms with Gasteiger partial charge >= 0.3 is 12.2 Å². The minimum atomic E-state index is -0.902. The molecule has 0 aliphatic carbocycles. The van der Waals surface area contributed by atoms with Crippen LogP contribution in [0.25, 0.3) is 0 Å². The molecule has 0 radical (unpaired) electrons. The minimum Gasteiger partial charge on any atom is -0.444 e. The Morgan fingerprint density at radius 2 is 0.857 bits per heavy atom. The SMILES string of the molecule is CC(C)OC(=O)N=NC(=O)OC(C)C.NN.c1ccc(P(c2ccccc2)c2ccccc2)cc1. The zero-order chi connectivity index (χ0) is 26.1. The van der Waals surface area contributed by atoms with Crippen molar-refractivity contribution in [1.82, 2.24) is 0 Å². The van der Waals surface area contributed by atoms with Gasteiger partial charge in [0.1, 0.15) is 0 Å². The highest BCUT2D eigenvalue weighted by Crippen LogP contribution is 2.32. The van der Waals surface area contributed by atoms with Gasteiger partial charge in [-0.3, -0.25) is 11.7 Å². The highest BCUT2D eigenvalue weighted by atomic mass is 31.1. The van der Waals surface area contributed by atoms with E-state index < -0.39 is 20.1 Å². The topological polar surface area (TPSA) is 129 Å². The molecule has 0 heterocycles. The lowest BCUT2D eigenvalue weighted by molar-refractivity contribution is 0.115. The fourth-order valence-corrected chi connectivity index (χ4v) is 5.02. The predicted octanol–water partition coefficient (Wildman–Crippen LogP) is 4.79. The number of nitrogens with two attached hydrogens (primary N) is 2. The van der Waals surface area contributed by atoms with E-state index in [2.05, 4.69) is 122 Å². The number of ether oxygens (including phenoxy) is 2. The lowest BCUT2D eigenvalue weighted by Crippen LogP contribution is -2.20. The van der Waals surface area contributed by atoms with Crippen LogP contribution in [-0.4, -0.2) is 24.4 Å². The van der Waals surface area contributed by atoms with Gasteiger partial charge in [-0.05, 0) is 51.5 Å². The molecule has 0 atom stereocenters. The maximum Gasteiger partial charge on any atom is 0.452 e. The molecule has 186 valence electrons. The maximum absolute atomic E-state index is 10.8. The Hall–Kier alpha value is -3.45. The molecule has 0 spiro atoms. The number of rotatable bonds is 5. The third-order valence-electron chi connectivity index (χ3n) is 3.93. The monoisotopic (exact) mass is 496 g/mol. The largest absolute Gasteiger partial charge is 0.452 e. The molecule has 0 bridgehead atoms. The summed E-state index contributed by atoms with van der Waals surface area (Å²) in [6.45, 7) is 6.67. The van der Waals surface area contributed by atoms with E-state index in [0.29, 0.717) is 0 Å². The molecule has 9 heteroatoms. The molecular formula is C26H33N4O4P. The molecule has 3 rings (SSSR count). The Bertz CT molecular complexity index is 899. The van der Waals surface area contributed by atoms with E-state index in [4.69, 9.17) is 0 Å². The van der Waals surface area contributed by atoms with E-state index in [-0.39, 0.29) is 12.2 Å². The normalized spacial score (nSPS) is 10.3. The van der Waals surface area contributed by atoms with Crippen LogP contribution >= 0.6 is 7.92 Å². The second-order valence-electron chi connectivity index (χ2n) is 7.41. The number of carbonyl (C=O) groups excluding carboxylic acids is 2. The van der Waals surface area contributed by atoms with Crippen LogP contribution < -0.4 is 27.6 Å². The first-order valence-electron chi connectivity index (χ1n) is 11.0.